The van der Waals surface area contributed by atoms with Gasteiger partial charge in [0, 0.05) is 31.0 Å². The SMILES string of the molecule is Cc1ccc2c(c1)C(=O)CC1(CCN(C(=O)C(C)Oc3ccc(Cl)cc3Br)CC1)O2. The number of amides is 1. The Balaban J connectivity index is 1.40. The molecule has 30 heavy (non-hydrogen) atoms. The van der Waals surface area contributed by atoms with E-state index < -0.39 is 11.7 Å². The second-order valence-electron chi connectivity index (χ2n) is 8.04. The molecule has 4 rings (SSSR count). The fourth-order valence-corrected chi connectivity index (χ4v) is 4.87. The number of piperidine rings is 1. The Morgan fingerprint density at radius 3 is 2.67 bits per heavy atom. The third-order valence-corrected chi connectivity index (χ3v) is 6.63. The van der Waals surface area contributed by atoms with E-state index in [1.807, 2.05) is 25.1 Å². The number of benzene rings is 2. The number of carbonyl (C=O) groups is 2. The zero-order chi connectivity index (χ0) is 21.5. The molecule has 0 N–H and O–H groups in total. The van der Waals surface area contributed by atoms with Crippen molar-refractivity contribution in [3.05, 3.63) is 57.0 Å². The predicted molar refractivity (Wildman–Crippen MR) is 119 cm³/mol. The second-order valence-corrected chi connectivity index (χ2v) is 9.34. The highest BCUT2D eigenvalue weighted by Gasteiger charge is 2.44. The number of halogens is 2. The third kappa shape index (κ3) is 4.21. The Morgan fingerprint density at radius 1 is 1.23 bits per heavy atom. The van der Waals surface area contributed by atoms with E-state index in [-0.39, 0.29) is 11.7 Å². The van der Waals surface area contributed by atoms with Gasteiger partial charge in [-0.25, -0.2) is 0 Å². The van der Waals surface area contributed by atoms with E-state index in [0.717, 1.165) is 5.56 Å². The quantitative estimate of drug-likeness (QED) is 0.591. The van der Waals surface area contributed by atoms with Crippen molar-refractivity contribution in [3.63, 3.8) is 0 Å². The van der Waals surface area contributed by atoms with Gasteiger partial charge in [0.2, 0.25) is 0 Å². The summed E-state index contributed by atoms with van der Waals surface area (Å²) in [4.78, 5) is 27.4. The van der Waals surface area contributed by atoms with Crippen molar-refractivity contribution in [1.29, 1.82) is 0 Å². The van der Waals surface area contributed by atoms with Crippen molar-refractivity contribution in [2.45, 2.75) is 44.8 Å². The lowest BCUT2D eigenvalue weighted by Crippen LogP contribution is -2.54. The summed E-state index contributed by atoms with van der Waals surface area (Å²) in [6.45, 7) is 4.77. The van der Waals surface area contributed by atoms with Crippen LogP contribution >= 0.6 is 27.5 Å². The zero-order valence-corrected chi connectivity index (χ0v) is 19.3. The van der Waals surface area contributed by atoms with Gasteiger partial charge < -0.3 is 14.4 Å². The van der Waals surface area contributed by atoms with Gasteiger partial charge in [0.1, 0.15) is 17.1 Å². The van der Waals surface area contributed by atoms with Gasteiger partial charge >= 0.3 is 0 Å². The van der Waals surface area contributed by atoms with E-state index in [1.54, 1.807) is 30.0 Å². The highest BCUT2D eigenvalue weighted by molar-refractivity contribution is 9.10. The van der Waals surface area contributed by atoms with E-state index >= 15 is 0 Å². The molecular weight excluding hydrogens is 470 g/mol. The first kappa shape index (κ1) is 21.2. The maximum absolute atomic E-state index is 12.9. The Hall–Kier alpha value is -2.05. The number of aryl methyl sites for hydroxylation is 1. The monoisotopic (exact) mass is 491 g/mol. The van der Waals surface area contributed by atoms with E-state index in [0.29, 0.717) is 58.9 Å². The van der Waals surface area contributed by atoms with Gasteiger partial charge in [-0.2, -0.15) is 0 Å². The summed E-state index contributed by atoms with van der Waals surface area (Å²) < 4.78 is 12.8. The van der Waals surface area contributed by atoms with Gasteiger partial charge in [-0.1, -0.05) is 23.2 Å². The van der Waals surface area contributed by atoms with E-state index in [2.05, 4.69) is 15.9 Å². The van der Waals surface area contributed by atoms with Crippen LogP contribution in [0.25, 0.3) is 0 Å². The molecule has 0 saturated carbocycles. The minimum Gasteiger partial charge on any atom is -0.486 e. The lowest BCUT2D eigenvalue weighted by Gasteiger charge is -2.44. The van der Waals surface area contributed by atoms with Crippen molar-refractivity contribution < 1.29 is 19.1 Å². The van der Waals surface area contributed by atoms with Crippen LogP contribution in [0.5, 0.6) is 11.5 Å². The number of nitrogens with zero attached hydrogens (tertiary/aromatic N) is 1. The van der Waals surface area contributed by atoms with Crippen LogP contribution in [0.15, 0.2) is 40.9 Å². The maximum Gasteiger partial charge on any atom is 0.263 e. The van der Waals surface area contributed by atoms with Crippen LogP contribution in [0.3, 0.4) is 0 Å². The topological polar surface area (TPSA) is 55.8 Å². The highest BCUT2D eigenvalue weighted by Crippen LogP contribution is 2.40. The van der Waals surface area contributed by atoms with Gasteiger partial charge in [0.25, 0.3) is 5.91 Å². The molecule has 1 unspecified atom stereocenters. The van der Waals surface area contributed by atoms with Crippen LogP contribution in [0.4, 0.5) is 0 Å². The molecule has 1 amide bonds. The minimum atomic E-state index is -0.630. The summed E-state index contributed by atoms with van der Waals surface area (Å²) in [7, 11) is 0. The molecule has 0 aliphatic carbocycles. The fourth-order valence-electron chi connectivity index (χ4n) is 4.09. The molecule has 2 aromatic carbocycles. The van der Waals surface area contributed by atoms with Crippen LogP contribution in [-0.4, -0.2) is 41.4 Å². The largest absolute Gasteiger partial charge is 0.486 e. The molecule has 0 radical (unpaired) electrons. The van der Waals surface area contributed by atoms with Gasteiger partial charge in [-0.05, 0) is 60.1 Å². The summed E-state index contributed by atoms with van der Waals surface area (Å²) in [5.74, 6) is 1.26. The minimum absolute atomic E-state index is 0.0788. The third-order valence-electron chi connectivity index (χ3n) is 5.78. The van der Waals surface area contributed by atoms with Crippen LogP contribution in [-0.2, 0) is 4.79 Å². The Morgan fingerprint density at radius 2 is 1.97 bits per heavy atom. The molecule has 158 valence electrons. The summed E-state index contributed by atoms with van der Waals surface area (Å²) in [5, 5.41) is 0.591. The standard InChI is InChI=1S/C23H23BrClNO4/c1-14-3-5-20-17(11-14)19(27)13-23(30-20)7-9-26(10-8-23)22(28)15(2)29-21-6-4-16(25)12-18(21)24/h3-6,11-12,15H,7-10,13H2,1-2H3. The summed E-state index contributed by atoms with van der Waals surface area (Å²) in [5.41, 5.74) is 1.18. The van der Waals surface area contributed by atoms with Crippen LogP contribution in [0.2, 0.25) is 5.02 Å². The number of ketones is 1. The molecule has 0 bridgehead atoms. The van der Waals surface area contributed by atoms with E-state index in [9.17, 15) is 9.59 Å². The van der Waals surface area contributed by atoms with Crippen molar-refractivity contribution in [2.24, 2.45) is 0 Å². The van der Waals surface area contributed by atoms with Crippen LogP contribution in [0.1, 0.15) is 42.1 Å². The lowest BCUT2D eigenvalue weighted by atomic mass is 9.82. The van der Waals surface area contributed by atoms with Crippen LogP contribution < -0.4 is 9.47 Å². The Labute approximate surface area is 189 Å². The normalized spacial score (nSPS) is 18.5. The first-order valence-corrected chi connectivity index (χ1v) is 11.2. The molecule has 1 saturated heterocycles. The molecule has 7 heteroatoms. The average molecular weight is 493 g/mol. The smallest absolute Gasteiger partial charge is 0.263 e. The van der Waals surface area contributed by atoms with Gasteiger partial charge in [-0.3, -0.25) is 9.59 Å². The molecule has 5 nitrogen and oxygen atoms in total. The van der Waals surface area contributed by atoms with Crippen LogP contribution in [0, 0.1) is 6.92 Å². The summed E-state index contributed by atoms with van der Waals surface area (Å²) in [6, 6.07) is 10.9. The number of hydrogen-bond acceptors (Lipinski definition) is 4. The predicted octanol–water partition coefficient (Wildman–Crippen LogP) is 5.20. The molecule has 1 spiro atoms. The number of Topliss-reactive ketones (excluding diaryl/α,β-unsaturated/α-hetero) is 1. The number of carbonyl (C=O) groups excluding carboxylic acids is 2. The van der Waals surface area contributed by atoms with Crippen molar-refractivity contribution >= 4 is 39.2 Å². The highest BCUT2D eigenvalue weighted by atomic mass is 79.9. The molecule has 2 heterocycles. The van der Waals surface area contributed by atoms with Gasteiger partial charge in [0.15, 0.2) is 11.9 Å². The van der Waals surface area contributed by atoms with Crippen molar-refractivity contribution in [3.8, 4) is 11.5 Å². The van der Waals surface area contributed by atoms with Crippen molar-refractivity contribution in [2.75, 3.05) is 13.1 Å². The average Bonchev–Trinajstić information content (AvgIpc) is 2.71. The number of rotatable bonds is 3. The number of ether oxygens (including phenoxy) is 2. The van der Waals surface area contributed by atoms with E-state index in [1.165, 1.54) is 0 Å². The molecule has 0 aromatic heterocycles. The molecule has 2 aliphatic rings. The number of likely N-dealkylation sites (tertiary alicyclic amines) is 1. The van der Waals surface area contributed by atoms with Gasteiger partial charge in [0.05, 0.1) is 16.5 Å². The first-order chi connectivity index (χ1) is 14.3. The zero-order valence-electron chi connectivity index (χ0n) is 16.9. The number of hydrogen-bond donors (Lipinski definition) is 0. The summed E-state index contributed by atoms with van der Waals surface area (Å²) >= 11 is 9.37. The van der Waals surface area contributed by atoms with Gasteiger partial charge in [-0.15, -0.1) is 0 Å². The first-order valence-electron chi connectivity index (χ1n) is 10.00. The Kier molecular flexibility index (Phi) is 5.82. The lowest BCUT2D eigenvalue weighted by molar-refractivity contribution is -0.141. The summed E-state index contributed by atoms with van der Waals surface area (Å²) in [6.07, 6.45) is 0.966. The maximum atomic E-state index is 12.9. The van der Waals surface area contributed by atoms with Crippen molar-refractivity contribution in [1.82, 2.24) is 4.90 Å². The molecule has 2 aromatic rings. The second kappa shape index (κ2) is 8.23. The fraction of sp³-hybridized carbons (Fsp3) is 0.391. The molecule has 2 aliphatic heterocycles. The van der Waals surface area contributed by atoms with E-state index in [4.69, 9.17) is 21.1 Å². The number of fused-ring (bicyclic) bond motifs is 1. The molecule has 1 atom stereocenters. The Bertz CT molecular complexity index is 1000. The molecular formula is C23H23BrClNO4. The molecule has 1 fully saturated rings.